The smallest absolute Gasteiger partial charge is 0.219 e. The lowest BCUT2D eigenvalue weighted by Crippen LogP contribution is -2.56. The highest BCUT2D eigenvalue weighted by molar-refractivity contribution is 7.90. The molecule has 0 aromatic heterocycles. The van der Waals surface area contributed by atoms with E-state index in [1.54, 1.807) is 25.1 Å². The number of sulfonamides is 1. The van der Waals surface area contributed by atoms with Crippen LogP contribution in [0.25, 0.3) is 0 Å². The normalized spacial score (nSPS) is 14.5. The standard InChI is InChI=1S/C11H26N2O2S/c1-7-8-13(11(5,6)9-12)16(14,15)10(2,3)4/h7-9,12H2,1-6H3. The average molecular weight is 250 g/mol. The fourth-order valence-corrected chi connectivity index (χ4v) is 3.19. The summed E-state index contributed by atoms with van der Waals surface area (Å²) in [6.45, 7) is 11.7. The van der Waals surface area contributed by atoms with Gasteiger partial charge in [0.15, 0.2) is 0 Å². The van der Waals surface area contributed by atoms with Crippen LogP contribution in [0.15, 0.2) is 0 Å². The Morgan fingerprint density at radius 3 is 1.81 bits per heavy atom. The fraction of sp³-hybridized carbons (Fsp3) is 1.00. The minimum atomic E-state index is -3.32. The summed E-state index contributed by atoms with van der Waals surface area (Å²) < 4.78 is 25.6. The van der Waals surface area contributed by atoms with Crippen LogP contribution in [0.2, 0.25) is 0 Å². The van der Waals surface area contributed by atoms with Crippen LogP contribution in [0.5, 0.6) is 0 Å². The van der Waals surface area contributed by atoms with E-state index in [2.05, 4.69) is 0 Å². The van der Waals surface area contributed by atoms with Crippen molar-refractivity contribution in [2.75, 3.05) is 13.1 Å². The van der Waals surface area contributed by atoms with Crippen molar-refractivity contribution >= 4 is 10.0 Å². The van der Waals surface area contributed by atoms with Gasteiger partial charge in [-0.3, -0.25) is 0 Å². The van der Waals surface area contributed by atoms with Crippen LogP contribution < -0.4 is 5.73 Å². The van der Waals surface area contributed by atoms with Crippen LogP contribution in [0.4, 0.5) is 0 Å². The van der Waals surface area contributed by atoms with Crippen LogP contribution in [0.3, 0.4) is 0 Å². The Bertz CT molecular complexity index is 315. The molecule has 2 N–H and O–H groups in total. The number of hydrogen-bond acceptors (Lipinski definition) is 3. The van der Waals surface area contributed by atoms with Gasteiger partial charge < -0.3 is 5.73 Å². The SMILES string of the molecule is CCCN(C(C)(C)CN)S(=O)(=O)C(C)(C)C. The van der Waals surface area contributed by atoms with Crippen LogP contribution in [0, 0.1) is 0 Å². The van der Waals surface area contributed by atoms with Crippen LogP contribution in [-0.4, -0.2) is 36.1 Å². The topological polar surface area (TPSA) is 63.4 Å². The Labute approximate surface area is 100 Å². The summed E-state index contributed by atoms with van der Waals surface area (Å²) in [5, 5.41) is 0. The third-order valence-electron chi connectivity index (χ3n) is 2.67. The van der Waals surface area contributed by atoms with Crippen molar-refractivity contribution in [3.05, 3.63) is 0 Å². The Morgan fingerprint density at radius 1 is 1.12 bits per heavy atom. The summed E-state index contributed by atoms with van der Waals surface area (Å²) in [5.74, 6) is 0. The van der Waals surface area contributed by atoms with Gasteiger partial charge in [-0.05, 0) is 41.0 Å². The Balaban J connectivity index is 5.40. The van der Waals surface area contributed by atoms with Crippen molar-refractivity contribution in [2.45, 2.75) is 58.2 Å². The molecule has 0 atom stereocenters. The van der Waals surface area contributed by atoms with E-state index in [1.165, 1.54) is 0 Å². The lowest BCUT2D eigenvalue weighted by Gasteiger charge is -2.40. The van der Waals surface area contributed by atoms with Gasteiger partial charge in [0.1, 0.15) is 0 Å². The maximum absolute atomic E-state index is 12.4. The fourth-order valence-electron chi connectivity index (χ4n) is 1.38. The van der Waals surface area contributed by atoms with E-state index in [1.807, 2.05) is 20.8 Å². The van der Waals surface area contributed by atoms with E-state index >= 15 is 0 Å². The zero-order valence-corrected chi connectivity index (χ0v) is 12.2. The van der Waals surface area contributed by atoms with Gasteiger partial charge in [-0.15, -0.1) is 0 Å². The molecule has 0 heterocycles. The summed E-state index contributed by atoms with van der Waals surface area (Å²) in [4.78, 5) is 0. The second-order valence-corrected chi connectivity index (χ2v) is 8.32. The molecule has 0 unspecified atom stereocenters. The number of nitrogens with zero attached hydrogens (tertiary/aromatic N) is 1. The second-order valence-electron chi connectivity index (χ2n) is 5.71. The highest BCUT2D eigenvalue weighted by Gasteiger charge is 2.41. The number of rotatable bonds is 5. The lowest BCUT2D eigenvalue weighted by molar-refractivity contribution is 0.229. The van der Waals surface area contributed by atoms with Gasteiger partial charge in [-0.2, -0.15) is 4.31 Å². The van der Waals surface area contributed by atoms with Gasteiger partial charge in [0, 0.05) is 18.6 Å². The second kappa shape index (κ2) is 5.02. The molecule has 0 aromatic carbocycles. The molecule has 0 radical (unpaired) electrons. The third-order valence-corrected chi connectivity index (χ3v) is 5.47. The summed E-state index contributed by atoms with van der Waals surface area (Å²) in [6.07, 6.45) is 0.790. The van der Waals surface area contributed by atoms with Crippen LogP contribution in [-0.2, 0) is 10.0 Å². The highest BCUT2D eigenvalue weighted by atomic mass is 32.2. The average Bonchev–Trinajstić information content (AvgIpc) is 2.11. The summed E-state index contributed by atoms with van der Waals surface area (Å²) >= 11 is 0. The maximum Gasteiger partial charge on any atom is 0.219 e. The molecule has 0 rings (SSSR count). The zero-order chi connectivity index (χ0) is 13.2. The molecule has 5 heteroatoms. The summed E-state index contributed by atoms with van der Waals surface area (Å²) in [6, 6.07) is 0. The lowest BCUT2D eigenvalue weighted by atomic mass is 10.1. The third kappa shape index (κ3) is 3.18. The van der Waals surface area contributed by atoms with Crippen molar-refractivity contribution in [3.8, 4) is 0 Å². The quantitative estimate of drug-likeness (QED) is 0.805. The summed E-state index contributed by atoms with van der Waals surface area (Å²) in [7, 11) is -3.32. The zero-order valence-electron chi connectivity index (χ0n) is 11.4. The van der Waals surface area contributed by atoms with Gasteiger partial charge in [0.2, 0.25) is 10.0 Å². The van der Waals surface area contributed by atoms with Gasteiger partial charge >= 0.3 is 0 Å². The first-order chi connectivity index (χ1) is 7.00. The Kier molecular flexibility index (Phi) is 4.98. The predicted molar refractivity (Wildman–Crippen MR) is 68.8 cm³/mol. The maximum atomic E-state index is 12.4. The van der Waals surface area contributed by atoms with Crippen molar-refractivity contribution in [1.29, 1.82) is 0 Å². The Morgan fingerprint density at radius 2 is 1.56 bits per heavy atom. The molecule has 0 aliphatic rings. The van der Waals surface area contributed by atoms with E-state index in [-0.39, 0.29) is 0 Å². The molecule has 0 aliphatic heterocycles. The molecule has 0 fully saturated rings. The first-order valence-corrected chi connectivity index (χ1v) is 7.17. The number of hydrogen-bond donors (Lipinski definition) is 1. The van der Waals surface area contributed by atoms with E-state index < -0.39 is 20.3 Å². The van der Waals surface area contributed by atoms with Crippen LogP contribution >= 0.6 is 0 Å². The van der Waals surface area contributed by atoms with Crippen molar-refractivity contribution in [3.63, 3.8) is 0 Å². The van der Waals surface area contributed by atoms with Crippen molar-refractivity contribution in [2.24, 2.45) is 5.73 Å². The van der Waals surface area contributed by atoms with E-state index in [0.717, 1.165) is 6.42 Å². The summed E-state index contributed by atoms with van der Waals surface area (Å²) in [5.41, 5.74) is 5.15. The van der Waals surface area contributed by atoms with Crippen LogP contribution in [0.1, 0.15) is 48.0 Å². The predicted octanol–water partition coefficient (Wildman–Crippen LogP) is 1.56. The molecule has 0 aromatic rings. The molecular formula is C11H26N2O2S. The molecule has 0 spiro atoms. The molecule has 0 aliphatic carbocycles. The van der Waals surface area contributed by atoms with E-state index in [9.17, 15) is 8.42 Å². The van der Waals surface area contributed by atoms with E-state index in [0.29, 0.717) is 13.1 Å². The van der Waals surface area contributed by atoms with Gasteiger partial charge in [-0.25, -0.2) is 8.42 Å². The molecule has 0 saturated carbocycles. The van der Waals surface area contributed by atoms with Gasteiger partial charge in [0.25, 0.3) is 0 Å². The first kappa shape index (κ1) is 15.9. The Hall–Kier alpha value is -0.130. The molecule has 16 heavy (non-hydrogen) atoms. The van der Waals surface area contributed by atoms with Gasteiger partial charge in [0.05, 0.1) is 4.75 Å². The molecule has 0 bridgehead atoms. The molecule has 4 nitrogen and oxygen atoms in total. The minimum absolute atomic E-state index is 0.322. The largest absolute Gasteiger partial charge is 0.329 e. The first-order valence-electron chi connectivity index (χ1n) is 5.73. The molecule has 0 amide bonds. The molecular weight excluding hydrogens is 224 g/mol. The molecule has 98 valence electrons. The van der Waals surface area contributed by atoms with Crippen molar-refractivity contribution < 1.29 is 8.42 Å². The minimum Gasteiger partial charge on any atom is -0.329 e. The highest BCUT2D eigenvalue weighted by Crippen LogP contribution is 2.27. The van der Waals surface area contributed by atoms with E-state index in [4.69, 9.17) is 5.73 Å². The molecule has 0 saturated heterocycles. The number of nitrogens with two attached hydrogens (primary N) is 1. The monoisotopic (exact) mass is 250 g/mol. The van der Waals surface area contributed by atoms with Crippen molar-refractivity contribution in [1.82, 2.24) is 4.31 Å². The van der Waals surface area contributed by atoms with Gasteiger partial charge in [-0.1, -0.05) is 6.92 Å².